The topological polar surface area (TPSA) is 29.9 Å². The number of nitrogens with one attached hydrogen (secondary N) is 1. The third kappa shape index (κ3) is 2.83. The quantitative estimate of drug-likeness (QED) is 0.736. The lowest BCUT2D eigenvalue weighted by Crippen LogP contribution is -2.01. The molecule has 0 aliphatic heterocycles. The van der Waals surface area contributed by atoms with E-state index in [0.29, 0.717) is 4.77 Å². The predicted octanol–water partition coefficient (Wildman–Crippen LogP) is 4.09. The van der Waals surface area contributed by atoms with E-state index in [1.54, 1.807) is 13.2 Å². The van der Waals surface area contributed by atoms with Crippen molar-refractivity contribution in [1.29, 1.82) is 0 Å². The Labute approximate surface area is 127 Å². The Morgan fingerprint density at radius 3 is 2.67 bits per heavy atom. The van der Waals surface area contributed by atoms with Gasteiger partial charge in [-0.25, -0.2) is 4.39 Å². The number of ether oxygens (including phenoxy) is 1. The molecule has 3 rings (SSSR count). The van der Waals surface area contributed by atoms with Crippen molar-refractivity contribution >= 4 is 23.3 Å². The number of H-pyrrole nitrogens is 1. The number of benzene rings is 2. The number of halogens is 1. The van der Waals surface area contributed by atoms with E-state index in [9.17, 15) is 4.39 Å². The molecule has 108 valence electrons. The summed E-state index contributed by atoms with van der Waals surface area (Å²) in [6.07, 6.45) is 0.850. The number of hydrogen-bond donors (Lipinski definition) is 1. The summed E-state index contributed by atoms with van der Waals surface area (Å²) in [5.74, 6) is 0.582. The predicted molar refractivity (Wildman–Crippen MR) is 83.8 cm³/mol. The van der Waals surface area contributed by atoms with Gasteiger partial charge >= 0.3 is 0 Å². The van der Waals surface area contributed by atoms with Gasteiger partial charge < -0.3 is 14.3 Å². The molecule has 0 bridgehead atoms. The summed E-state index contributed by atoms with van der Waals surface area (Å²) in [4.78, 5) is 3.04. The van der Waals surface area contributed by atoms with Gasteiger partial charge in [-0.3, -0.25) is 0 Å². The number of fused-ring (bicyclic) bond motifs is 1. The molecule has 2 aromatic carbocycles. The van der Waals surface area contributed by atoms with Gasteiger partial charge in [0.25, 0.3) is 0 Å². The zero-order chi connectivity index (χ0) is 14.8. The Balaban J connectivity index is 1.84. The second-order valence-electron chi connectivity index (χ2n) is 4.84. The van der Waals surface area contributed by atoms with E-state index in [0.717, 1.165) is 29.7 Å². The number of methoxy groups -OCH3 is 1. The molecule has 0 aliphatic rings. The van der Waals surface area contributed by atoms with Crippen molar-refractivity contribution in [3.63, 3.8) is 0 Å². The van der Waals surface area contributed by atoms with Crippen LogP contribution >= 0.6 is 12.2 Å². The average molecular weight is 302 g/mol. The molecule has 0 amide bonds. The van der Waals surface area contributed by atoms with E-state index < -0.39 is 0 Å². The second-order valence-corrected chi connectivity index (χ2v) is 5.23. The van der Waals surface area contributed by atoms with Crippen LogP contribution in [0, 0.1) is 10.6 Å². The number of aromatic amines is 1. The van der Waals surface area contributed by atoms with Crippen LogP contribution in [0.2, 0.25) is 0 Å². The van der Waals surface area contributed by atoms with Crippen LogP contribution in [0.5, 0.6) is 5.75 Å². The molecule has 3 aromatic rings. The van der Waals surface area contributed by atoms with E-state index in [1.165, 1.54) is 17.7 Å². The molecule has 0 saturated heterocycles. The van der Waals surface area contributed by atoms with Crippen molar-refractivity contribution in [2.75, 3.05) is 7.11 Å². The normalized spacial score (nSPS) is 11.0. The van der Waals surface area contributed by atoms with Gasteiger partial charge in [0.2, 0.25) is 0 Å². The Kier molecular flexibility index (Phi) is 3.75. The van der Waals surface area contributed by atoms with Gasteiger partial charge in [-0.15, -0.1) is 0 Å². The third-order valence-electron chi connectivity index (χ3n) is 3.52. The highest BCUT2D eigenvalue weighted by Gasteiger charge is 2.05. The first-order valence-electron chi connectivity index (χ1n) is 6.68. The molecular weight excluding hydrogens is 287 g/mol. The molecule has 1 aromatic heterocycles. The number of aryl methyl sites for hydroxylation is 2. The van der Waals surface area contributed by atoms with Crippen molar-refractivity contribution in [1.82, 2.24) is 9.55 Å². The summed E-state index contributed by atoms with van der Waals surface area (Å²) in [7, 11) is 1.65. The molecule has 21 heavy (non-hydrogen) atoms. The van der Waals surface area contributed by atoms with Crippen LogP contribution in [0.3, 0.4) is 0 Å². The minimum absolute atomic E-state index is 0.263. The average Bonchev–Trinajstić information content (AvgIpc) is 2.80. The van der Waals surface area contributed by atoms with Crippen LogP contribution in [-0.2, 0) is 13.0 Å². The first kappa shape index (κ1) is 13.8. The van der Waals surface area contributed by atoms with Crippen molar-refractivity contribution in [2.24, 2.45) is 0 Å². The van der Waals surface area contributed by atoms with Gasteiger partial charge in [-0.1, -0.05) is 12.1 Å². The highest BCUT2D eigenvalue weighted by molar-refractivity contribution is 7.71. The lowest BCUT2D eigenvalue weighted by molar-refractivity contribution is 0.414. The molecule has 1 heterocycles. The number of nitrogens with zero attached hydrogens (tertiary/aromatic N) is 1. The summed E-state index contributed by atoms with van der Waals surface area (Å²) in [5.41, 5.74) is 2.86. The number of imidazole rings is 1. The van der Waals surface area contributed by atoms with Crippen molar-refractivity contribution in [2.45, 2.75) is 13.0 Å². The van der Waals surface area contributed by atoms with Gasteiger partial charge in [0.1, 0.15) is 11.6 Å². The van der Waals surface area contributed by atoms with Gasteiger partial charge in [-0.05, 0) is 54.5 Å². The van der Waals surface area contributed by atoms with Crippen LogP contribution in [0.25, 0.3) is 11.0 Å². The Hall–Kier alpha value is -2.14. The fourth-order valence-electron chi connectivity index (χ4n) is 2.39. The highest BCUT2D eigenvalue weighted by Crippen LogP contribution is 2.17. The maximum absolute atomic E-state index is 13.2. The molecular formula is C16H15FN2OS. The second kappa shape index (κ2) is 5.69. The zero-order valence-corrected chi connectivity index (χ0v) is 12.4. The van der Waals surface area contributed by atoms with E-state index in [1.807, 2.05) is 28.8 Å². The van der Waals surface area contributed by atoms with Crippen LogP contribution in [0.1, 0.15) is 5.56 Å². The molecule has 3 nitrogen and oxygen atoms in total. The Bertz CT molecular complexity index is 820. The maximum atomic E-state index is 13.2. The lowest BCUT2D eigenvalue weighted by Gasteiger charge is -2.06. The fourth-order valence-corrected chi connectivity index (χ4v) is 2.69. The Morgan fingerprint density at radius 1 is 1.19 bits per heavy atom. The molecule has 0 aliphatic carbocycles. The summed E-state index contributed by atoms with van der Waals surface area (Å²) < 4.78 is 21.0. The Morgan fingerprint density at radius 2 is 1.95 bits per heavy atom. The standard InChI is InChI=1S/C16H15FN2OS/c1-20-13-5-2-11(3-6-13)8-9-19-15-7-4-12(17)10-14(15)18-16(19)21/h2-7,10H,8-9H2,1H3,(H,18,21). The minimum Gasteiger partial charge on any atom is -0.497 e. The van der Waals surface area contributed by atoms with Crippen LogP contribution in [0.15, 0.2) is 42.5 Å². The van der Waals surface area contributed by atoms with Gasteiger partial charge in [-0.2, -0.15) is 0 Å². The van der Waals surface area contributed by atoms with Gasteiger partial charge in [0.15, 0.2) is 4.77 Å². The van der Waals surface area contributed by atoms with Crippen LogP contribution in [-0.4, -0.2) is 16.7 Å². The largest absolute Gasteiger partial charge is 0.497 e. The fraction of sp³-hybridized carbons (Fsp3) is 0.188. The maximum Gasteiger partial charge on any atom is 0.178 e. The smallest absolute Gasteiger partial charge is 0.178 e. The molecule has 0 saturated carbocycles. The monoisotopic (exact) mass is 302 g/mol. The van der Waals surface area contributed by atoms with E-state index in [4.69, 9.17) is 17.0 Å². The van der Waals surface area contributed by atoms with E-state index in [2.05, 4.69) is 4.98 Å². The zero-order valence-electron chi connectivity index (χ0n) is 11.6. The van der Waals surface area contributed by atoms with Gasteiger partial charge in [0.05, 0.1) is 18.1 Å². The molecule has 0 fully saturated rings. The molecule has 0 unspecified atom stereocenters. The first-order chi connectivity index (χ1) is 10.2. The van der Waals surface area contributed by atoms with Crippen LogP contribution < -0.4 is 4.74 Å². The summed E-state index contributed by atoms with van der Waals surface area (Å²) in [6.45, 7) is 0.747. The van der Waals surface area contributed by atoms with Crippen molar-refractivity contribution in [3.05, 3.63) is 58.6 Å². The SMILES string of the molecule is COc1ccc(CCn2c(=S)[nH]c3cc(F)ccc32)cc1. The highest BCUT2D eigenvalue weighted by atomic mass is 32.1. The molecule has 0 spiro atoms. The summed E-state index contributed by atoms with van der Waals surface area (Å²) in [5, 5.41) is 0. The van der Waals surface area contributed by atoms with Crippen molar-refractivity contribution < 1.29 is 9.13 Å². The molecule has 1 N–H and O–H groups in total. The number of aromatic nitrogens is 2. The third-order valence-corrected chi connectivity index (χ3v) is 3.84. The molecule has 0 radical (unpaired) electrons. The molecule has 0 atom stereocenters. The van der Waals surface area contributed by atoms with Gasteiger partial charge in [0, 0.05) is 6.54 Å². The number of rotatable bonds is 4. The lowest BCUT2D eigenvalue weighted by atomic mass is 10.1. The minimum atomic E-state index is -0.263. The summed E-state index contributed by atoms with van der Waals surface area (Å²) in [6, 6.07) is 12.6. The summed E-state index contributed by atoms with van der Waals surface area (Å²) >= 11 is 5.32. The first-order valence-corrected chi connectivity index (χ1v) is 7.09. The van der Waals surface area contributed by atoms with Crippen molar-refractivity contribution in [3.8, 4) is 5.75 Å². The van der Waals surface area contributed by atoms with E-state index >= 15 is 0 Å². The molecule has 5 heteroatoms. The van der Waals surface area contributed by atoms with Crippen LogP contribution in [0.4, 0.5) is 4.39 Å². The number of hydrogen-bond acceptors (Lipinski definition) is 2. The van der Waals surface area contributed by atoms with E-state index in [-0.39, 0.29) is 5.82 Å².